The Morgan fingerprint density at radius 3 is 2.33 bits per heavy atom. The summed E-state index contributed by atoms with van der Waals surface area (Å²) in [6.45, 7) is 3.41. The van der Waals surface area contributed by atoms with E-state index < -0.39 is 10.0 Å². The van der Waals surface area contributed by atoms with Crippen LogP contribution in [0.1, 0.15) is 25.5 Å². The van der Waals surface area contributed by atoms with Gasteiger partial charge in [-0.05, 0) is 31.5 Å². The zero-order valence-corrected chi connectivity index (χ0v) is 9.71. The molecule has 0 fully saturated rings. The topological polar surface area (TPSA) is 72.2 Å². The van der Waals surface area contributed by atoms with Crippen LogP contribution in [0, 0.1) is 0 Å². The molecule has 0 heterocycles. The van der Waals surface area contributed by atoms with Crippen molar-refractivity contribution < 1.29 is 8.42 Å². The van der Waals surface area contributed by atoms with Gasteiger partial charge in [-0.25, -0.2) is 13.1 Å². The van der Waals surface area contributed by atoms with Crippen molar-refractivity contribution in [2.45, 2.75) is 19.9 Å². The summed E-state index contributed by atoms with van der Waals surface area (Å²) >= 11 is 0. The summed E-state index contributed by atoms with van der Waals surface area (Å²) in [7, 11) is -3.16. The van der Waals surface area contributed by atoms with E-state index >= 15 is 0 Å². The van der Waals surface area contributed by atoms with Crippen LogP contribution in [0.3, 0.4) is 0 Å². The molecule has 84 valence electrons. The molecule has 0 radical (unpaired) electrons. The van der Waals surface area contributed by atoms with Crippen LogP contribution < -0.4 is 10.5 Å². The van der Waals surface area contributed by atoms with Crippen molar-refractivity contribution in [2.75, 3.05) is 11.5 Å². The van der Waals surface area contributed by atoms with Gasteiger partial charge in [0.2, 0.25) is 10.0 Å². The lowest BCUT2D eigenvalue weighted by Crippen LogP contribution is -2.28. The van der Waals surface area contributed by atoms with Crippen LogP contribution in [0.2, 0.25) is 0 Å². The van der Waals surface area contributed by atoms with Gasteiger partial charge >= 0.3 is 0 Å². The molecule has 0 aromatic heterocycles. The molecule has 1 unspecified atom stereocenters. The first kappa shape index (κ1) is 12.0. The molecular formula is C10H16N2O2S. The minimum Gasteiger partial charge on any atom is -0.399 e. The number of nitrogen functional groups attached to an aromatic ring is 1. The molecule has 0 saturated carbocycles. The Kier molecular flexibility index (Phi) is 3.71. The number of anilines is 1. The van der Waals surface area contributed by atoms with Crippen molar-refractivity contribution in [1.82, 2.24) is 4.72 Å². The zero-order chi connectivity index (χ0) is 11.5. The van der Waals surface area contributed by atoms with Gasteiger partial charge in [0, 0.05) is 11.7 Å². The Bertz CT molecular complexity index is 412. The van der Waals surface area contributed by atoms with Crippen LogP contribution >= 0.6 is 0 Å². The molecule has 1 rings (SSSR count). The third kappa shape index (κ3) is 3.53. The van der Waals surface area contributed by atoms with Crippen LogP contribution in [0.5, 0.6) is 0 Å². The van der Waals surface area contributed by atoms with Crippen LogP contribution in [-0.2, 0) is 10.0 Å². The van der Waals surface area contributed by atoms with E-state index in [2.05, 4.69) is 4.72 Å². The van der Waals surface area contributed by atoms with Gasteiger partial charge in [-0.15, -0.1) is 0 Å². The molecule has 4 nitrogen and oxygen atoms in total. The Labute approximate surface area is 90.5 Å². The van der Waals surface area contributed by atoms with E-state index in [1.807, 2.05) is 12.1 Å². The lowest BCUT2D eigenvalue weighted by molar-refractivity contribution is 0.568. The van der Waals surface area contributed by atoms with E-state index in [4.69, 9.17) is 5.73 Å². The molecule has 1 atom stereocenters. The highest BCUT2D eigenvalue weighted by molar-refractivity contribution is 7.89. The highest BCUT2D eigenvalue weighted by atomic mass is 32.2. The van der Waals surface area contributed by atoms with Gasteiger partial charge in [-0.3, -0.25) is 0 Å². The van der Waals surface area contributed by atoms with E-state index in [-0.39, 0.29) is 11.8 Å². The summed E-state index contributed by atoms with van der Waals surface area (Å²) in [5, 5.41) is 0. The standard InChI is InChI=1S/C10H16N2O2S/c1-3-15(13,14)12-8(2)9-4-6-10(11)7-5-9/h4-8,12H,3,11H2,1-2H3. The highest BCUT2D eigenvalue weighted by Crippen LogP contribution is 2.14. The molecule has 1 aromatic rings. The number of nitrogens with one attached hydrogen (secondary N) is 1. The smallest absolute Gasteiger partial charge is 0.211 e. The summed E-state index contributed by atoms with van der Waals surface area (Å²) in [5.41, 5.74) is 7.12. The van der Waals surface area contributed by atoms with Gasteiger partial charge in [-0.1, -0.05) is 12.1 Å². The van der Waals surface area contributed by atoms with Gasteiger partial charge in [-0.2, -0.15) is 0 Å². The second kappa shape index (κ2) is 4.63. The maximum Gasteiger partial charge on any atom is 0.211 e. The number of benzene rings is 1. The predicted octanol–water partition coefficient (Wildman–Crippen LogP) is 1.27. The maximum absolute atomic E-state index is 11.3. The summed E-state index contributed by atoms with van der Waals surface area (Å²) < 4.78 is 25.2. The average molecular weight is 228 g/mol. The van der Waals surface area contributed by atoms with E-state index in [0.717, 1.165) is 5.56 Å². The van der Waals surface area contributed by atoms with E-state index in [1.54, 1.807) is 26.0 Å². The molecule has 0 aliphatic carbocycles. The van der Waals surface area contributed by atoms with E-state index in [1.165, 1.54) is 0 Å². The molecule has 15 heavy (non-hydrogen) atoms. The van der Waals surface area contributed by atoms with Gasteiger partial charge in [0.05, 0.1) is 5.75 Å². The van der Waals surface area contributed by atoms with Crippen LogP contribution in [0.25, 0.3) is 0 Å². The monoisotopic (exact) mass is 228 g/mol. The van der Waals surface area contributed by atoms with E-state index in [0.29, 0.717) is 5.69 Å². The molecule has 1 aromatic carbocycles. The summed E-state index contributed by atoms with van der Waals surface area (Å²) in [6.07, 6.45) is 0. The number of hydrogen-bond acceptors (Lipinski definition) is 3. The van der Waals surface area contributed by atoms with Crippen molar-refractivity contribution in [1.29, 1.82) is 0 Å². The summed E-state index contributed by atoms with van der Waals surface area (Å²) in [5.74, 6) is 0.0896. The fourth-order valence-electron chi connectivity index (χ4n) is 1.21. The first-order valence-electron chi connectivity index (χ1n) is 4.80. The minimum absolute atomic E-state index is 0.0896. The third-order valence-electron chi connectivity index (χ3n) is 2.17. The molecule has 3 N–H and O–H groups in total. The fourth-order valence-corrected chi connectivity index (χ4v) is 2.05. The third-order valence-corrected chi connectivity index (χ3v) is 3.65. The lowest BCUT2D eigenvalue weighted by atomic mass is 10.1. The SMILES string of the molecule is CCS(=O)(=O)NC(C)c1ccc(N)cc1. The number of hydrogen-bond donors (Lipinski definition) is 2. The Hall–Kier alpha value is -1.07. The minimum atomic E-state index is -3.16. The molecule has 0 spiro atoms. The van der Waals surface area contributed by atoms with Crippen molar-refractivity contribution >= 4 is 15.7 Å². The molecule has 0 saturated heterocycles. The van der Waals surface area contributed by atoms with E-state index in [9.17, 15) is 8.42 Å². The number of nitrogens with two attached hydrogens (primary N) is 1. The normalized spacial score (nSPS) is 13.7. The second-order valence-electron chi connectivity index (χ2n) is 3.41. The van der Waals surface area contributed by atoms with Gasteiger partial charge in [0.15, 0.2) is 0 Å². The van der Waals surface area contributed by atoms with Crippen molar-refractivity contribution in [3.8, 4) is 0 Å². The Morgan fingerprint density at radius 1 is 1.33 bits per heavy atom. The fraction of sp³-hybridized carbons (Fsp3) is 0.400. The van der Waals surface area contributed by atoms with Gasteiger partial charge in [0.25, 0.3) is 0 Å². The molecule has 5 heteroatoms. The van der Waals surface area contributed by atoms with Crippen LogP contribution in [0.4, 0.5) is 5.69 Å². The van der Waals surface area contributed by atoms with Crippen molar-refractivity contribution in [3.63, 3.8) is 0 Å². The summed E-state index contributed by atoms with van der Waals surface area (Å²) in [6, 6.07) is 6.92. The first-order chi connectivity index (χ1) is 6.94. The molecule has 0 amide bonds. The average Bonchev–Trinajstić information content (AvgIpc) is 2.18. The lowest BCUT2D eigenvalue weighted by Gasteiger charge is -2.13. The molecule has 0 bridgehead atoms. The first-order valence-corrected chi connectivity index (χ1v) is 6.45. The molecule has 0 aliphatic heterocycles. The van der Waals surface area contributed by atoms with Crippen LogP contribution in [0.15, 0.2) is 24.3 Å². The number of rotatable bonds is 4. The molecular weight excluding hydrogens is 212 g/mol. The van der Waals surface area contributed by atoms with Gasteiger partial charge < -0.3 is 5.73 Å². The number of sulfonamides is 1. The predicted molar refractivity (Wildman–Crippen MR) is 61.9 cm³/mol. The van der Waals surface area contributed by atoms with Crippen molar-refractivity contribution in [2.24, 2.45) is 0 Å². The zero-order valence-electron chi connectivity index (χ0n) is 8.90. The van der Waals surface area contributed by atoms with Crippen LogP contribution in [-0.4, -0.2) is 14.2 Å². The van der Waals surface area contributed by atoms with Crippen molar-refractivity contribution in [3.05, 3.63) is 29.8 Å². The van der Waals surface area contributed by atoms with Gasteiger partial charge in [0.1, 0.15) is 0 Å². The second-order valence-corrected chi connectivity index (χ2v) is 5.45. The Balaban J connectivity index is 2.78. The largest absolute Gasteiger partial charge is 0.399 e. The quantitative estimate of drug-likeness (QED) is 0.762. The molecule has 0 aliphatic rings. The maximum atomic E-state index is 11.3. The highest BCUT2D eigenvalue weighted by Gasteiger charge is 2.12. The Morgan fingerprint density at radius 2 is 1.87 bits per heavy atom. The summed E-state index contributed by atoms with van der Waals surface area (Å²) in [4.78, 5) is 0.